The van der Waals surface area contributed by atoms with Crippen LogP contribution in [0.4, 0.5) is 4.39 Å². The van der Waals surface area contributed by atoms with Gasteiger partial charge in [-0.05, 0) is 18.8 Å². The molecule has 0 bridgehead atoms. The molecule has 0 aromatic rings. The maximum Gasteiger partial charge on any atom is 0.135 e. The molecule has 1 heterocycles. The zero-order valence-electron chi connectivity index (χ0n) is 6.84. The predicted octanol–water partition coefficient (Wildman–Crippen LogP) is 1.99. The molecule has 0 N–H and O–H groups in total. The molecule has 6 atom stereocenters. The number of alkyl halides is 3. The van der Waals surface area contributed by atoms with E-state index in [1.165, 1.54) is 6.42 Å². The molecule has 2 aliphatic carbocycles. The zero-order chi connectivity index (χ0) is 9.43. The SMILES string of the molecule is [B][C@@H]1O[C@@H]2[C@@]3(I)C[C@H]3C[C@]2(I)[C@@H]1F. The van der Waals surface area contributed by atoms with Crippen molar-refractivity contribution in [2.45, 2.75) is 38.0 Å². The molecule has 0 unspecified atom stereocenters. The summed E-state index contributed by atoms with van der Waals surface area (Å²) in [6.07, 6.45) is 1.17. The van der Waals surface area contributed by atoms with E-state index in [4.69, 9.17) is 12.6 Å². The van der Waals surface area contributed by atoms with Crippen LogP contribution in [0.2, 0.25) is 0 Å². The van der Waals surface area contributed by atoms with Crippen molar-refractivity contribution in [3.05, 3.63) is 0 Å². The van der Waals surface area contributed by atoms with Crippen LogP contribution in [0.5, 0.6) is 0 Å². The van der Waals surface area contributed by atoms with Crippen molar-refractivity contribution in [3.63, 3.8) is 0 Å². The van der Waals surface area contributed by atoms with Crippen molar-refractivity contribution in [2.24, 2.45) is 5.92 Å². The highest BCUT2D eigenvalue weighted by Crippen LogP contribution is 2.71. The maximum absolute atomic E-state index is 13.8. The fourth-order valence-electron chi connectivity index (χ4n) is 2.75. The molecule has 0 amide bonds. The first-order valence-corrected chi connectivity index (χ1v) is 6.57. The van der Waals surface area contributed by atoms with E-state index in [1.54, 1.807) is 0 Å². The monoisotopic (exact) mass is 404 g/mol. The second kappa shape index (κ2) is 2.56. The summed E-state index contributed by atoms with van der Waals surface area (Å²) in [4.78, 5) is 0. The minimum Gasteiger partial charge on any atom is -0.379 e. The predicted molar refractivity (Wildman–Crippen MR) is 65.5 cm³/mol. The van der Waals surface area contributed by atoms with Crippen LogP contribution in [0.15, 0.2) is 0 Å². The van der Waals surface area contributed by atoms with Gasteiger partial charge < -0.3 is 4.74 Å². The van der Waals surface area contributed by atoms with Crippen LogP contribution < -0.4 is 0 Å². The molecule has 3 rings (SSSR count). The first-order chi connectivity index (χ1) is 5.98. The molecular weight excluding hydrogens is 396 g/mol. The van der Waals surface area contributed by atoms with E-state index in [0.29, 0.717) is 5.92 Å². The Morgan fingerprint density at radius 3 is 2.54 bits per heavy atom. The van der Waals surface area contributed by atoms with Crippen molar-refractivity contribution in [2.75, 3.05) is 0 Å². The fraction of sp³-hybridized carbons (Fsp3) is 1.00. The molecule has 2 saturated carbocycles. The van der Waals surface area contributed by atoms with Crippen molar-refractivity contribution < 1.29 is 9.13 Å². The Morgan fingerprint density at radius 2 is 1.92 bits per heavy atom. The average Bonchev–Trinajstić information content (AvgIpc) is 2.56. The van der Waals surface area contributed by atoms with Gasteiger partial charge in [-0.2, -0.15) is 0 Å². The second-order valence-electron chi connectivity index (χ2n) is 4.34. The summed E-state index contributed by atoms with van der Waals surface area (Å²) in [6, 6.07) is -0.699. The molecule has 0 spiro atoms. The van der Waals surface area contributed by atoms with E-state index in [9.17, 15) is 4.39 Å². The normalized spacial score (nSPS) is 69.2. The quantitative estimate of drug-likeness (QED) is 0.341. The van der Waals surface area contributed by atoms with Crippen molar-refractivity contribution in [1.82, 2.24) is 0 Å². The third-order valence-electron chi connectivity index (χ3n) is 3.55. The fourth-order valence-corrected chi connectivity index (χ4v) is 6.39. The minimum atomic E-state index is -0.988. The number of rotatable bonds is 0. The van der Waals surface area contributed by atoms with Gasteiger partial charge in [0.25, 0.3) is 0 Å². The molecule has 0 aromatic heterocycles. The van der Waals surface area contributed by atoms with Gasteiger partial charge in [-0.3, -0.25) is 0 Å². The van der Waals surface area contributed by atoms with Gasteiger partial charge in [-0.25, -0.2) is 4.39 Å². The Bertz CT molecular complexity index is 279. The van der Waals surface area contributed by atoms with Crippen LogP contribution in [-0.4, -0.2) is 33.0 Å². The molecule has 5 heteroatoms. The number of ether oxygens (including phenoxy) is 1. The first-order valence-electron chi connectivity index (χ1n) is 4.41. The van der Waals surface area contributed by atoms with Gasteiger partial charge in [-0.15, -0.1) is 0 Å². The molecule has 3 aliphatic rings. The highest BCUT2D eigenvalue weighted by atomic mass is 127. The molecule has 70 valence electrons. The summed E-state index contributed by atoms with van der Waals surface area (Å²) >= 11 is 4.67. The largest absolute Gasteiger partial charge is 0.379 e. The van der Waals surface area contributed by atoms with E-state index in [2.05, 4.69) is 45.2 Å². The molecule has 13 heavy (non-hydrogen) atoms. The van der Waals surface area contributed by atoms with Crippen LogP contribution in [0.1, 0.15) is 12.8 Å². The average molecular weight is 404 g/mol. The van der Waals surface area contributed by atoms with Crippen LogP contribution >= 0.6 is 45.2 Å². The minimum absolute atomic E-state index is 0.0381. The summed E-state index contributed by atoms with van der Waals surface area (Å²) < 4.78 is 19.2. The van der Waals surface area contributed by atoms with E-state index < -0.39 is 12.2 Å². The number of hydrogen-bond acceptors (Lipinski definition) is 1. The van der Waals surface area contributed by atoms with Crippen LogP contribution in [0, 0.1) is 5.92 Å². The van der Waals surface area contributed by atoms with E-state index in [0.717, 1.165) is 6.42 Å². The molecule has 1 nitrogen and oxygen atoms in total. The lowest BCUT2D eigenvalue weighted by Gasteiger charge is -2.26. The zero-order valence-corrected chi connectivity index (χ0v) is 11.2. The number of halogens is 3. The van der Waals surface area contributed by atoms with E-state index in [-0.39, 0.29) is 12.9 Å². The van der Waals surface area contributed by atoms with Crippen LogP contribution in [-0.2, 0) is 4.74 Å². The lowest BCUT2D eigenvalue weighted by molar-refractivity contribution is 0.0747. The maximum atomic E-state index is 13.8. The topological polar surface area (TPSA) is 9.23 Å². The smallest absolute Gasteiger partial charge is 0.135 e. The summed E-state index contributed by atoms with van der Waals surface area (Å²) in [5.41, 5.74) is 0. The first kappa shape index (κ1) is 9.63. The lowest BCUT2D eigenvalue weighted by Crippen LogP contribution is -2.40. The van der Waals surface area contributed by atoms with E-state index in [1.807, 2.05) is 0 Å². The Labute approximate surface area is 105 Å². The summed E-state index contributed by atoms with van der Waals surface area (Å²) in [7, 11) is 5.59. The molecule has 1 saturated heterocycles. The van der Waals surface area contributed by atoms with Crippen LogP contribution in [0.3, 0.4) is 0 Å². The molecule has 1 aliphatic heterocycles. The van der Waals surface area contributed by atoms with Crippen LogP contribution in [0.25, 0.3) is 0 Å². The van der Waals surface area contributed by atoms with E-state index >= 15 is 0 Å². The summed E-state index contributed by atoms with van der Waals surface area (Å²) in [5.74, 6) is 0.667. The Hall–Kier alpha value is 1.41. The number of fused-ring (bicyclic) bond motifs is 3. The van der Waals surface area contributed by atoms with Crippen molar-refractivity contribution in [3.8, 4) is 0 Å². The van der Waals surface area contributed by atoms with Gasteiger partial charge in [0.2, 0.25) is 0 Å². The van der Waals surface area contributed by atoms with Gasteiger partial charge in [0.15, 0.2) is 0 Å². The lowest BCUT2D eigenvalue weighted by atomic mass is 9.88. The third-order valence-corrected chi connectivity index (χ3v) is 7.04. The highest BCUT2D eigenvalue weighted by molar-refractivity contribution is 14.1. The second-order valence-corrected chi connectivity index (χ2v) is 8.36. The summed E-state index contributed by atoms with van der Waals surface area (Å²) in [6.45, 7) is 0. The van der Waals surface area contributed by atoms with Crippen molar-refractivity contribution >= 4 is 53.0 Å². The van der Waals surface area contributed by atoms with Crippen molar-refractivity contribution in [1.29, 1.82) is 0 Å². The molecule has 0 aromatic carbocycles. The molecular formula is C8H8BFI2O. The van der Waals surface area contributed by atoms with Gasteiger partial charge in [0, 0.05) is 6.00 Å². The standard InChI is InChI=1S/C8H8BFI2O/c9-5-4(10)8(12)2-3-1-7(3,11)6(8)13-5/h3-6H,1-2H2/t3-,4+,5+,6+,7+,8-/m0/s1. The van der Waals surface area contributed by atoms with Gasteiger partial charge in [-0.1, -0.05) is 45.2 Å². The third kappa shape index (κ3) is 1.02. The Kier molecular flexibility index (Phi) is 1.90. The van der Waals surface area contributed by atoms with Gasteiger partial charge in [0.05, 0.1) is 12.9 Å². The Balaban J connectivity index is 1.99. The van der Waals surface area contributed by atoms with Gasteiger partial charge in [0.1, 0.15) is 14.0 Å². The Morgan fingerprint density at radius 1 is 1.31 bits per heavy atom. The summed E-state index contributed by atoms with van der Waals surface area (Å²) in [5, 5.41) is 0. The highest BCUT2D eigenvalue weighted by Gasteiger charge is 2.76. The number of hydrogen-bond donors (Lipinski definition) is 0. The molecule has 2 radical (unpaired) electrons. The molecule has 3 fully saturated rings. The van der Waals surface area contributed by atoms with Gasteiger partial charge >= 0.3 is 0 Å².